The topological polar surface area (TPSA) is 78.9 Å². The molecule has 76 valence electrons. The lowest BCUT2D eigenvalue weighted by Gasteiger charge is -2.08. The molecule has 0 spiro atoms. The van der Waals surface area contributed by atoms with Crippen molar-refractivity contribution in [1.29, 1.82) is 0 Å². The number of H-pyrrole nitrogens is 1. The van der Waals surface area contributed by atoms with Crippen LogP contribution in [0.15, 0.2) is 18.2 Å². The fourth-order valence-electron chi connectivity index (χ4n) is 1.89. The predicted molar refractivity (Wildman–Crippen MR) is 52.4 cm³/mol. The van der Waals surface area contributed by atoms with Gasteiger partial charge in [-0.3, -0.25) is 9.89 Å². The molecule has 1 aromatic heterocycles. The molecule has 0 bridgehead atoms. The van der Waals surface area contributed by atoms with Crippen LogP contribution < -0.4 is 0 Å². The summed E-state index contributed by atoms with van der Waals surface area (Å²) in [4.78, 5) is 11.1. The second kappa shape index (κ2) is 2.56. The van der Waals surface area contributed by atoms with E-state index in [1.807, 2.05) is 12.1 Å². The van der Waals surface area contributed by atoms with Crippen molar-refractivity contribution in [2.24, 2.45) is 0 Å². The zero-order valence-corrected chi connectivity index (χ0v) is 7.90. The molecule has 0 aliphatic heterocycles. The molecule has 1 heterocycles. The second-order valence-corrected chi connectivity index (χ2v) is 3.93. The summed E-state index contributed by atoms with van der Waals surface area (Å²) in [7, 11) is 0. The van der Waals surface area contributed by atoms with Crippen molar-refractivity contribution in [3.63, 3.8) is 0 Å². The summed E-state index contributed by atoms with van der Waals surface area (Å²) < 4.78 is 0. The summed E-state index contributed by atoms with van der Waals surface area (Å²) in [6.45, 7) is 0. The number of hydrogen-bond acceptors (Lipinski definition) is 3. The average molecular weight is 203 g/mol. The molecule has 0 radical (unpaired) electrons. The van der Waals surface area contributed by atoms with Crippen LogP contribution in [-0.2, 0) is 10.2 Å². The summed E-state index contributed by atoms with van der Waals surface area (Å²) in [6, 6.07) is 5.47. The van der Waals surface area contributed by atoms with Gasteiger partial charge in [0.15, 0.2) is 0 Å². The van der Waals surface area contributed by atoms with Crippen molar-refractivity contribution in [2.45, 2.75) is 18.3 Å². The predicted octanol–water partition coefficient (Wildman–Crippen LogP) is 1.07. The Hall–Kier alpha value is -1.91. The molecule has 5 nitrogen and oxygen atoms in total. The number of rotatable bonds is 2. The molecule has 1 aliphatic rings. The molecule has 0 amide bonds. The van der Waals surface area contributed by atoms with E-state index in [9.17, 15) is 4.79 Å². The number of benzene rings is 1. The number of carbonyl (C=O) groups is 1. The molecule has 1 fully saturated rings. The van der Waals surface area contributed by atoms with E-state index in [1.54, 1.807) is 6.07 Å². The monoisotopic (exact) mass is 203 g/mol. The average Bonchev–Trinajstić information content (AvgIpc) is 2.91. The van der Waals surface area contributed by atoms with E-state index in [4.69, 9.17) is 5.11 Å². The largest absolute Gasteiger partial charge is 0.481 e. The first-order chi connectivity index (χ1) is 7.22. The SMILES string of the molecule is O=C(O)C1(c2ccc3[nH]nnc3c2)CC1. The van der Waals surface area contributed by atoms with Crippen molar-refractivity contribution in [2.75, 3.05) is 0 Å². The van der Waals surface area contributed by atoms with E-state index < -0.39 is 11.4 Å². The Labute approximate surface area is 85.1 Å². The van der Waals surface area contributed by atoms with Crippen molar-refractivity contribution in [1.82, 2.24) is 15.4 Å². The lowest BCUT2D eigenvalue weighted by atomic mass is 9.96. The first-order valence-electron chi connectivity index (χ1n) is 4.77. The van der Waals surface area contributed by atoms with E-state index in [1.165, 1.54) is 0 Å². The van der Waals surface area contributed by atoms with Crippen molar-refractivity contribution < 1.29 is 9.90 Å². The molecular formula is C10H9N3O2. The lowest BCUT2D eigenvalue weighted by molar-refractivity contribution is -0.140. The molecular weight excluding hydrogens is 194 g/mol. The highest BCUT2D eigenvalue weighted by molar-refractivity contribution is 5.87. The van der Waals surface area contributed by atoms with Gasteiger partial charge in [0.05, 0.1) is 10.9 Å². The zero-order chi connectivity index (χ0) is 10.5. The Balaban J connectivity index is 2.15. The van der Waals surface area contributed by atoms with Gasteiger partial charge in [-0.15, -0.1) is 5.10 Å². The van der Waals surface area contributed by atoms with Crippen LogP contribution in [0.5, 0.6) is 0 Å². The minimum Gasteiger partial charge on any atom is -0.481 e. The van der Waals surface area contributed by atoms with Crippen molar-refractivity contribution in [3.8, 4) is 0 Å². The minimum atomic E-state index is -0.745. The van der Waals surface area contributed by atoms with Gasteiger partial charge in [-0.2, -0.15) is 0 Å². The number of aromatic amines is 1. The van der Waals surface area contributed by atoms with Crippen LogP contribution in [0.3, 0.4) is 0 Å². The standard InChI is InChI=1S/C10H9N3O2/c14-9(15)10(3-4-10)6-1-2-7-8(5-6)12-13-11-7/h1-2,5H,3-4H2,(H,14,15)(H,11,12,13). The third-order valence-corrected chi connectivity index (χ3v) is 3.04. The molecule has 3 rings (SSSR count). The number of fused-ring (bicyclic) bond motifs is 1. The third-order valence-electron chi connectivity index (χ3n) is 3.04. The fraction of sp³-hybridized carbons (Fsp3) is 0.300. The summed E-state index contributed by atoms with van der Waals surface area (Å²) in [5.74, 6) is -0.745. The number of nitrogens with one attached hydrogen (secondary N) is 1. The van der Waals surface area contributed by atoms with Crippen LogP contribution in [-0.4, -0.2) is 26.5 Å². The lowest BCUT2D eigenvalue weighted by Crippen LogP contribution is -2.19. The number of carboxylic acids is 1. The first kappa shape index (κ1) is 8.40. The molecule has 15 heavy (non-hydrogen) atoms. The van der Waals surface area contributed by atoms with Crippen LogP contribution in [0.1, 0.15) is 18.4 Å². The van der Waals surface area contributed by atoms with Crippen LogP contribution in [0.4, 0.5) is 0 Å². The smallest absolute Gasteiger partial charge is 0.314 e. The number of aromatic nitrogens is 3. The van der Waals surface area contributed by atoms with Crippen LogP contribution >= 0.6 is 0 Å². The molecule has 1 saturated carbocycles. The second-order valence-electron chi connectivity index (χ2n) is 3.93. The Bertz CT molecular complexity index is 542. The summed E-state index contributed by atoms with van der Waals surface area (Å²) in [5.41, 5.74) is 1.73. The van der Waals surface area contributed by atoms with E-state index in [-0.39, 0.29) is 0 Å². The molecule has 1 aliphatic carbocycles. The first-order valence-corrected chi connectivity index (χ1v) is 4.77. The summed E-state index contributed by atoms with van der Waals surface area (Å²) in [6.07, 6.45) is 1.43. The Morgan fingerprint density at radius 2 is 2.27 bits per heavy atom. The number of hydrogen-bond donors (Lipinski definition) is 2. The molecule has 0 atom stereocenters. The van der Waals surface area contributed by atoms with Gasteiger partial charge in [0.2, 0.25) is 0 Å². The van der Waals surface area contributed by atoms with Gasteiger partial charge >= 0.3 is 5.97 Å². The molecule has 1 aromatic carbocycles. The fourth-order valence-corrected chi connectivity index (χ4v) is 1.89. The zero-order valence-electron chi connectivity index (χ0n) is 7.90. The molecule has 0 unspecified atom stereocenters. The van der Waals surface area contributed by atoms with E-state index in [0.29, 0.717) is 12.8 Å². The maximum absolute atomic E-state index is 11.1. The normalized spacial score (nSPS) is 17.9. The molecule has 5 heteroatoms. The van der Waals surface area contributed by atoms with E-state index >= 15 is 0 Å². The van der Waals surface area contributed by atoms with E-state index in [0.717, 1.165) is 16.6 Å². The number of carboxylic acid groups (broad SMARTS) is 1. The van der Waals surface area contributed by atoms with Gasteiger partial charge in [0.1, 0.15) is 5.52 Å². The maximum atomic E-state index is 11.1. The van der Waals surface area contributed by atoms with Crippen LogP contribution in [0.25, 0.3) is 11.0 Å². The number of aliphatic carboxylic acids is 1. The summed E-state index contributed by atoms with van der Waals surface area (Å²) >= 11 is 0. The third kappa shape index (κ3) is 1.06. The Morgan fingerprint density at radius 1 is 1.47 bits per heavy atom. The van der Waals surface area contributed by atoms with Gasteiger partial charge in [0, 0.05) is 0 Å². The Kier molecular flexibility index (Phi) is 1.44. The van der Waals surface area contributed by atoms with Gasteiger partial charge in [0.25, 0.3) is 0 Å². The van der Waals surface area contributed by atoms with Gasteiger partial charge in [-0.05, 0) is 30.5 Å². The minimum absolute atomic E-state index is 0.660. The Morgan fingerprint density at radius 3 is 2.93 bits per heavy atom. The molecule has 2 N–H and O–H groups in total. The van der Waals surface area contributed by atoms with E-state index in [2.05, 4.69) is 15.4 Å². The van der Waals surface area contributed by atoms with Gasteiger partial charge in [-0.25, -0.2) is 0 Å². The number of nitrogens with zero attached hydrogens (tertiary/aromatic N) is 2. The van der Waals surface area contributed by atoms with Gasteiger partial charge in [-0.1, -0.05) is 11.3 Å². The molecule has 0 saturated heterocycles. The van der Waals surface area contributed by atoms with Crippen molar-refractivity contribution >= 4 is 17.0 Å². The quantitative estimate of drug-likeness (QED) is 0.765. The highest BCUT2D eigenvalue weighted by Gasteiger charge is 2.51. The van der Waals surface area contributed by atoms with Crippen LogP contribution in [0.2, 0.25) is 0 Å². The summed E-state index contributed by atoms with van der Waals surface area (Å²) in [5, 5.41) is 19.4. The van der Waals surface area contributed by atoms with Crippen LogP contribution in [0, 0.1) is 0 Å². The highest BCUT2D eigenvalue weighted by Crippen LogP contribution is 2.48. The highest BCUT2D eigenvalue weighted by atomic mass is 16.4. The molecule has 2 aromatic rings. The van der Waals surface area contributed by atoms with Crippen molar-refractivity contribution in [3.05, 3.63) is 23.8 Å². The maximum Gasteiger partial charge on any atom is 0.314 e. The van der Waals surface area contributed by atoms with Gasteiger partial charge < -0.3 is 5.11 Å².